The lowest BCUT2D eigenvalue weighted by Gasteiger charge is -2.17. The van der Waals surface area contributed by atoms with E-state index in [1.807, 2.05) is 0 Å². The van der Waals surface area contributed by atoms with Gasteiger partial charge in [0.05, 0.1) is 30.4 Å². The molecule has 9 nitrogen and oxygen atoms in total. The summed E-state index contributed by atoms with van der Waals surface area (Å²) >= 11 is 0. The second kappa shape index (κ2) is 4.41. The molecule has 1 aliphatic heterocycles. The summed E-state index contributed by atoms with van der Waals surface area (Å²) in [5.74, 6) is -0.507. The number of aromatic amines is 1. The minimum absolute atomic E-state index is 0.0338. The number of hydrogen-bond donors (Lipinski definition) is 6. The standard InChI is InChI=1S/C7H13N7O2S/c8-6(9)4-1-12-13-7(4)14-17(15,16)5-2-10-3-11-5/h2-4,7,12-14H,1H2,(H3,8,9)(H,10,11). The number of amidine groups is 1. The van der Waals surface area contributed by atoms with Gasteiger partial charge in [0.15, 0.2) is 5.03 Å². The van der Waals surface area contributed by atoms with E-state index in [9.17, 15) is 8.42 Å². The van der Waals surface area contributed by atoms with Crippen LogP contribution in [0.15, 0.2) is 17.6 Å². The molecule has 0 amide bonds. The zero-order valence-corrected chi connectivity index (χ0v) is 9.58. The van der Waals surface area contributed by atoms with Crippen LogP contribution in [0.5, 0.6) is 0 Å². The molecule has 0 aliphatic carbocycles. The number of hydrazine groups is 1. The molecule has 1 fully saturated rings. The maximum absolute atomic E-state index is 11.9. The van der Waals surface area contributed by atoms with Crippen molar-refractivity contribution in [3.8, 4) is 0 Å². The molecule has 2 unspecified atom stereocenters. The molecule has 94 valence electrons. The lowest BCUT2D eigenvalue weighted by molar-refractivity contribution is 0.481. The van der Waals surface area contributed by atoms with Crippen molar-refractivity contribution in [1.29, 1.82) is 5.41 Å². The fourth-order valence-corrected chi connectivity index (χ4v) is 2.61. The molecule has 17 heavy (non-hydrogen) atoms. The predicted molar refractivity (Wildman–Crippen MR) is 59.2 cm³/mol. The van der Waals surface area contributed by atoms with E-state index in [1.54, 1.807) is 0 Å². The van der Waals surface area contributed by atoms with Gasteiger partial charge in [-0.05, 0) is 0 Å². The Balaban J connectivity index is 2.14. The van der Waals surface area contributed by atoms with Crippen LogP contribution in [0, 0.1) is 11.3 Å². The minimum Gasteiger partial charge on any atom is -0.387 e. The molecule has 1 aromatic rings. The van der Waals surface area contributed by atoms with Crippen molar-refractivity contribution >= 4 is 15.9 Å². The molecule has 0 aromatic carbocycles. The van der Waals surface area contributed by atoms with Crippen molar-refractivity contribution in [2.45, 2.75) is 11.2 Å². The highest BCUT2D eigenvalue weighted by Crippen LogP contribution is 2.09. The molecular weight excluding hydrogens is 246 g/mol. The summed E-state index contributed by atoms with van der Waals surface area (Å²) in [5, 5.41) is 7.31. The van der Waals surface area contributed by atoms with Crippen LogP contribution in [0.1, 0.15) is 0 Å². The van der Waals surface area contributed by atoms with Crippen LogP contribution in [0.4, 0.5) is 0 Å². The van der Waals surface area contributed by atoms with Gasteiger partial charge in [0.25, 0.3) is 10.0 Å². The molecule has 7 N–H and O–H groups in total. The van der Waals surface area contributed by atoms with Crippen LogP contribution in [0.25, 0.3) is 0 Å². The minimum atomic E-state index is -3.69. The topological polar surface area (TPSA) is 149 Å². The summed E-state index contributed by atoms with van der Waals surface area (Å²) < 4.78 is 26.1. The molecule has 1 aromatic heterocycles. The van der Waals surface area contributed by atoms with Crippen LogP contribution in [-0.4, -0.2) is 36.9 Å². The number of imidazole rings is 1. The van der Waals surface area contributed by atoms with E-state index in [1.165, 1.54) is 12.5 Å². The predicted octanol–water partition coefficient (Wildman–Crippen LogP) is -2.33. The van der Waals surface area contributed by atoms with E-state index in [-0.39, 0.29) is 10.9 Å². The Hall–Kier alpha value is -1.49. The zero-order valence-electron chi connectivity index (χ0n) is 8.77. The van der Waals surface area contributed by atoms with E-state index < -0.39 is 22.1 Å². The zero-order chi connectivity index (χ0) is 12.5. The maximum Gasteiger partial charge on any atom is 0.259 e. The molecule has 1 saturated heterocycles. The number of nitrogens with zero attached hydrogens (tertiary/aromatic N) is 1. The first-order valence-electron chi connectivity index (χ1n) is 4.84. The van der Waals surface area contributed by atoms with Crippen molar-refractivity contribution in [3.05, 3.63) is 12.5 Å². The van der Waals surface area contributed by atoms with Gasteiger partial charge in [-0.25, -0.2) is 18.8 Å². The maximum atomic E-state index is 11.9. The van der Waals surface area contributed by atoms with E-state index in [4.69, 9.17) is 11.1 Å². The number of hydrogen-bond acceptors (Lipinski definition) is 6. The molecule has 1 aliphatic rings. The molecule has 2 rings (SSSR count). The monoisotopic (exact) mass is 259 g/mol. The first kappa shape index (κ1) is 12.0. The molecule has 0 spiro atoms. The van der Waals surface area contributed by atoms with Crippen molar-refractivity contribution in [3.63, 3.8) is 0 Å². The number of nitrogens with two attached hydrogens (primary N) is 1. The fraction of sp³-hybridized carbons (Fsp3) is 0.429. The quantitative estimate of drug-likeness (QED) is 0.264. The summed E-state index contributed by atoms with van der Waals surface area (Å²) in [7, 11) is -3.69. The Morgan fingerprint density at radius 2 is 2.41 bits per heavy atom. The number of rotatable bonds is 4. The summed E-state index contributed by atoms with van der Waals surface area (Å²) in [6, 6.07) is 0. The summed E-state index contributed by atoms with van der Waals surface area (Å²) in [6.45, 7) is 0.394. The van der Waals surface area contributed by atoms with E-state index >= 15 is 0 Å². The first-order valence-corrected chi connectivity index (χ1v) is 6.32. The highest BCUT2D eigenvalue weighted by Gasteiger charge is 2.33. The number of nitrogens with one attached hydrogen (secondary N) is 5. The molecule has 0 radical (unpaired) electrons. The third kappa shape index (κ3) is 2.44. The van der Waals surface area contributed by atoms with Crippen molar-refractivity contribution in [2.24, 2.45) is 11.7 Å². The lowest BCUT2D eigenvalue weighted by atomic mass is 10.1. The SMILES string of the molecule is N=C(N)C1CNNC1NS(=O)(=O)c1cnc[nH]1. The molecule has 2 atom stereocenters. The number of sulfonamides is 1. The summed E-state index contributed by atoms with van der Waals surface area (Å²) in [6.07, 6.45) is 1.82. The van der Waals surface area contributed by atoms with Crippen molar-refractivity contribution < 1.29 is 8.42 Å². The van der Waals surface area contributed by atoms with Crippen LogP contribution in [0.2, 0.25) is 0 Å². The van der Waals surface area contributed by atoms with Crippen LogP contribution in [0.3, 0.4) is 0 Å². The normalized spacial score (nSPS) is 24.9. The Labute approximate surface area is 97.7 Å². The van der Waals surface area contributed by atoms with Gasteiger partial charge in [-0.1, -0.05) is 0 Å². The average Bonchev–Trinajstić information content (AvgIpc) is 2.85. The second-order valence-electron chi connectivity index (χ2n) is 3.60. The molecule has 10 heteroatoms. The highest BCUT2D eigenvalue weighted by atomic mass is 32.2. The van der Waals surface area contributed by atoms with Gasteiger partial charge in [-0.15, -0.1) is 0 Å². The first-order chi connectivity index (χ1) is 8.00. The van der Waals surface area contributed by atoms with E-state index in [0.29, 0.717) is 6.54 Å². The van der Waals surface area contributed by atoms with Gasteiger partial charge < -0.3 is 10.7 Å². The van der Waals surface area contributed by atoms with Gasteiger partial charge >= 0.3 is 0 Å². The molecular formula is C7H13N7O2S. The third-order valence-electron chi connectivity index (χ3n) is 2.43. The van der Waals surface area contributed by atoms with Crippen molar-refractivity contribution in [1.82, 2.24) is 25.5 Å². The van der Waals surface area contributed by atoms with Crippen LogP contribution < -0.4 is 21.3 Å². The largest absolute Gasteiger partial charge is 0.387 e. The molecule has 2 heterocycles. The van der Waals surface area contributed by atoms with Crippen LogP contribution >= 0.6 is 0 Å². The Morgan fingerprint density at radius 1 is 1.65 bits per heavy atom. The van der Waals surface area contributed by atoms with Gasteiger partial charge in [-0.2, -0.15) is 4.72 Å². The van der Waals surface area contributed by atoms with E-state index in [0.717, 1.165) is 0 Å². The lowest BCUT2D eigenvalue weighted by Crippen LogP contribution is -2.49. The van der Waals surface area contributed by atoms with Gasteiger partial charge in [0.2, 0.25) is 0 Å². The second-order valence-corrected chi connectivity index (χ2v) is 5.28. The average molecular weight is 259 g/mol. The van der Waals surface area contributed by atoms with Crippen molar-refractivity contribution in [2.75, 3.05) is 6.54 Å². The fourth-order valence-electron chi connectivity index (χ4n) is 1.52. The Morgan fingerprint density at radius 3 is 3.00 bits per heavy atom. The number of aromatic nitrogens is 2. The Bertz CT molecular complexity index is 496. The summed E-state index contributed by atoms with van der Waals surface area (Å²) in [4.78, 5) is 6.14. The van der Waals surface area contributed by atoms with E-state index in [2.05, 4.69) is 25.5 Å². The smallest absolute Gasteiger partial charge is 0.259 e. The summed E-state index contributed by atoms with van der Waals surface area (Å²) in [5.41, 5.74) is 10.8. The molecule has 0 bridgehead atoms. The third-order valence-corrected chi connectivity index (χ3v) is 3.79. The van der Waals surface area contributed by atoms with Gasteiger partial charge in [-0.3, -0.25) is 10.8 Å². The van der Waals surface area contributed by atoms with Crippen LogP contribution in [-0.2, 0) is 10.0 Å². The molecule has 0 saturated carbocycles. The highest BCUT2D eigenvalue weighted by molar-refractivity contribution is 7.89. The van der Waals surface area contributed by atoms with Gasteiger partial charge in [0.1, 0.15) is 0 Å². The Kier molecular flexibility index (Phi) is 3.11. The number of H-pyrrole nitrogens is 1. The van der Waals surface area contributed by atoms with Gasteiger partial charge in [0, 0.05) is 6.54 Å².